The number of esters is 1. The van der Waals surface area contributed by atoms with E-state index in [1.165, 1.54) is 11.5 Å². The lowest BCUT2D eigenvalue weighted by molar-refractivity contribution is -0.148. The minimum Gasteiger partial charge on any atom is -0.451 e. The molecule has 8 rings (SSSR count). The average molecular weight is 333 g/mol. The first-order chi connectivity index (χ1) is 11.0. The molecule has 9 atom stereocenters. The van der Waals surface area contributed by atoms with Gasteiger partial charge >= 0.3 is 17.3 Å². The molecule has 120 valence electrons. The summed E-state index contributed by atoms with van der Waals surface area (Å²) in [5.41, 5.74) is -0.532. The van der Waals surface area contributed by atoms with Gasteiger partial charge in [0.05, 0.1) is 17.5 Å². The van der Waals surface area contributed by atoms with Crippen LogP contribution < -0.4 is 11.4 Å². The number of carbonyl (C=O) groups is 1. The number of aromatic nitrogens is 3. The smallest absolute Gasteiger partial charge is 0.347 e. The van der Waals surface area contributed by atoms with E-state index in [1.807, 2.05) is 0 Å². The van der Waals surface area contributed by atoms with Crippen molar-refractivity contribution in [2.45, 2.75) is 24.4 Å². The molecule has 0 aromatic carbocycles. The second-order valence-electron chi connectivity index (χ2n) is 8.14. The number of hydrogen-bond acceptors (Lipinski definition) is 5. The van der Waals surface area contributed by atoms with Crippen LogP contribution in [0.4, 0.5) is 0 Å². The summed E-state index contributed by atoms with van der Waals surface area (Å²) in [6.07, 6.45) is 0. The standard InChI is InChI=1S/C15H15N3O4S/c1-4(19)22-11-15-8-5-6-7(5)10(15)18-13(21)16(2)12(20)17(18)9(6)14(8,15)3-23-11/h5-11H,3H2,1-2H3/t5-,6+,7+,8+,9-,10+,11-,14-,15-/m1/s1. The first kappa shape index (κ1) is 12.0. The van der Waals surface area contributed by atoms with Crippen molar-refractivity contribution in [2.75, 3.05) is 5.75 Å². The molecular weight excluding hydrogens is 318 g/mol. The highest BCUT2D eigenvalue weighted by Gasteiger charge is 3.06. The Morgan fingerprint density at radius 1 is 1.17 bits per heavy atom. The van der Waals surface area contributed by atoms with Crippen molar-refractivity contribution >= 4 is 17.7 Å². The van der Waals surface area contributed by atoms with E-state index in [2.05, 4.69) is 0 Å². The zero-order chi connectivity index (χ0) is 15.6. The average Bonchev–Trinajstić information content (AvgIpc) is 3.19. The van der Waals surface area contributed by atoms with Gasteiger partial charge in [0.25, 0.3) is 0 Å². The Morgan fingerprint density at radius 3 is 2.52 bits per heavy atom. The van der Waals surface area contributed by atoms with Crippen LogP contribution in [0.2, 0.25) is 0 Å². The van der Waals surface area contributed by atoms with Gasteiger partial charge in [0, 0.05) is 25.1 Å². The van der Waals surface area contributed by atoms with Crippen molar-refractivity contribution in [3.05, 3.63) is 21.0 Å². The first-order valence-corrected chi connectivity index (χ1v) is 9.23. The summed E-state index contributed by atoms with van der Waals surface area (Å²) < 4.78 is 10.4. The Kier molecular flexibility index (Phi) is 1.49. The minimum atomic E-state index is -0.246. The van der Waals surface area contributed by atoms with E-state index < -0.39 is 0 Å². The summed E-state index contributed by atoms with van der Waals surface area (Å²) in [5, 5.41) is 0. The molecule has 0 N–H and O–H groups in total. The van der Waals surface area contributed by atoms with E-state index in [0.717, 1.165) is 5.75 Å². The molecule has 0 amide bonds. The molecule has 4 aliphatic carbocycles. The highest BCUT2D eigenvalue weighted by Crippen LogP contribution is 3.05. The number of hydrogen-bond donors (Lipinski definition) is 0. The first-order valence-electron chi connectivity index (χ1n) is 8.18. The Hall–Kier alpha value is -1.44. The van der Waals surface area contributed by atoms with Gasteiger partial charge in [-0.3, -0.25) is 4.79 Å². The fourth-order valence-electron chi connectivity index (χ4n) is 7.80. The van der Waals surface area contributed by atoms with Gasteiger partial charge in [-0.1, -0.05) is 0 Å². The molecule has 4 heterocycles. The highest BCUT2D eigenvalue weighted by molar-refractivity contribution is 8.00. The van der Waals surface area contributed by atoms with Crippen molar-refractivity contribution in [3.8, 4) is 0 Å². The van der Waals surface area contributed by atoms with Crippen LogP contribution in [-0.2, 0) is 16.6 Å². The van der Waals surface area contributed by atoms with Crippen LogP contribution in [0.15, 0.2) is 9.59 Å². The Morgan fingerprint density at radius 2 is 1.83 bits per heavy atom. The summed E-state index contributed by atoms with van der Waals surface area (Å²) in [6, 6.07) is 0.190. The molecule has 8 heteroatoms. The predicted molar refractivity (Wildman–Crippen MR) is 78.8 cm³/mol. The Balaban J connectivity index is 1.55. The maximum atomic E-state index is 12.7. The molecule has 23 heavy (non-hydrogen) atoms. The van der Waals surface area contributed by atoms with Crippen LogP contribution in [0.5, 0.6) is 0 Å². The van der Waals surface area contributed by atoms with Gasteiger partial charge < -0.3 is 4.74 Å². The van der Waals surface area contributed by atoms with Gasteiger partial charge in [-0.05, 0) is 23.7 Å². The van der Waals surface area contributed by atoms with Crippen molar-refractivity contribution < 1.29 is 9.53 Å². The van der Waals surface area contributed by atoms with E-state index in [0.29, 0.717) is 23.7 Å². The van der Waals surface area contributed by atoms with Crippen LogP contribution in [0.1, 0.15) is 19.0 Å². The zero-order valence-electron chi connectivity index (χ0n) is 12.6. The van der Waals surface area contributed by atoms with Crippen LogP contribution >= 0.6 is 11.8 Å². The quantitative estimate of drug-likeness (QED) is 0.652. The fraction of sp³-hybridized carbons (Fsp3) is 0.800. The third-order valence-corrected chi connectivity index (χ3v) is 9.41. The van der Waals surface area contributed by atoms with E-state index >= 15 is 0 Å². The van der Waals surface area contributed by atoms with Crippen molar-refractivity contribution in [3.63, 3.8) is 0 Å². The maximum Gasteiger partial charge on any atom is 0.347 e. The van der Waals surface area contributed by atoms with E-state index in [1.54, 1.807) is 28.2 Å². The van der Waals surface area contributed by atoms with E-state index in [4.69, 9.17) is 4.74 Å². The molecule has 0 radical (unpaired) electrons. The van der Waals surface area contributed by atoms with Crippen molar-refractivity contribution in [1.82, 2.24) is 13.9 Å². The molecule has 1 aromatic heterocycles. The number of carbonyl (C=O) groups excluding carboxylic acids is 1. The molecule has 1 aromatic rings. The Labute approximate surface area is 134 Å². The third-order valence-electron chi connectivity index (χ3n) is 7.98. The lowest BCUT2D eigenvalue weighted by Crippen LogP contribution is -2.54. The number of nitrogens with zero attached hydrogens (tertiary/aromatic N) is 3. The van der Waals surface area contributed by atoms with Gasteiger partial charge in [-0.25, -0.2) is 23.5 Å². The Bertz CT molecular complexity index is 976. The summed E-state index contributed by atoms with van der Waals surface area (Å²) in [7, 11) is 1.57. The highest BCUT2D eigenvalue weighted by atomic mass is 32.2. The maximum absolute atomic E-state index is 12.7. The molecular formula is C15H15N3O4S. The summed E-state index contributed by atoms with van der Waals surface area (Å²) in [4.78, 5) is 36.9. The van der Waals surface area contributed by atoms with E-state index in [-0.39, 0.29) is 45.7 Å². The molecule has 7 aliphatic rings. The minimum absolute atomic E-state index is 0.0493. The topological polar surface area (TPSA) is 75.2 Å². The van der Waals surface area contributed by atoms with Gasteiger partial charge in [-0.15, -0.1) is 11.8 Å². The molecule has 4 saturated carbocycles. The van der Waals surface area contributed by atoms with Crippen molar-refractivity contribution in [2.24, 2.45) is 41.5 Å². The number of rotatable bonds is 1. The summed E-state index contributed by atoms with van der Waals surface area (Å²) >= 11 is 1.72. The monoisotopic (exact) mass is 333 g/mol. The largest absolute Gasteiger partial charge is 0.451 e. The summed E-state index contributed by atoms with van der Waals surface area (Å²) in [6.45, 7) is 1.46. The lowest BCUT2D eigenvalue weighted by atomic mass is 9.72. The second kappa shape index (κ2) is 2.85. The molecule has 2 spiro atoms. The van der Waals surface area contributed by atoms with Gasteiger partial charge in [0.2, 0.25) is 0 Å². The van der Waals surface area contributed by atoms with Crippen LogP contribution in [0, 0.1) is 34.5 Å². The molecule has 1 saturated heterocycles. The van der Waals surface area contributed by atoms with Crippen LogP contribution in [0.25, 0.3) is 0 Å². The van der Waals surface area contributed by atoms with Crippen molar-refractivity contribution in [1.29, 1.82) is 0 Å². The number of ether oxygens (including phenoxy) is 1. The summed E-state index contributed by atoms with van der Waals surface area (Å²) in [5.74, 6) is 2.98. The lowest BCUT2D eigenvalue weighted by Gasteiger charge is -2.46. The fourth-order valence-corrected chi connectivity index (χ4v) is 9.81. The normalized spacial score (nSPS) is 57.2. The third kappa shape index (κ3) is 0.776. The van der Waals surface area contributed by atoms with Gasteiger partial charge in [0.15, 0.2) is 5.44 Å². The zero-order valence-corrected chi connectivity index (χ0v) is 13.4. The second-order valence-corrected chi connectivity index (χ2v) is 9.19. The molecule has 7 nitrogen and oxygen atoms in total. The van der Waals surface area contributed by atoms with Crippen LogP contribution in [0.3, 0.4) is 0 Å². The molecule has 3 aliphatic heterocycles. The van der Waals surface area contributed by atoms with Crippen LogP contribution in [-0.4, -0.2) is 31.1 Å². The molecule has 0 unspecified atom stereocenters. The number of thioether (sulfide) groups is 1. The molecule has 2 bridgehead atoms. The van der Waals surface area contributed by atoms with E-state index in [9.17, 15) is 14.4 Å². The van der Waals surface area contributed by atoms with Gasteiger partial charge in [-0.2, -0.15) is 0 Å². The SMILES string of the molecule is CC(=O)O[C@@H]1SC[C@]23[C@H]4[C@@H]5[C@@H]6[C@@H]5[C@@H]2[C@@]13[C@H]6n1c(=O)n(C)c(=O)n14. The van der Waals surface area contributed by atoms with Gasteiger partial charge in [0.1, 0.15) is 0 Å². The molecule has 5 fully saturated rings. The predicted octanol–water partition coefficient (Wildman–Crippen LogP) is -0.428.